The van der Waals surface area contributed by atoms with Gasteiger partial charge in [-0.25, -0.2) is 4.98 Å². The summed E-state index contributed by atoms with van der Waals surface area (Å²) in [5, 5.41) is 5.39. The third kappa shape index (κ3) is 5.11. The van der Waals surface area contributed by atoms with E-state index in [1.54, 1.807) is 6.08 Å². The fraction of sp³-hybridized carbons (Fsp3) is 0.423. The Hall–Kier alpha value is -2.48. The van der Waals surface area contributed by atoms with Gasteiger partial charge in [0.1, 0.15) is 5.69 Å². The summed E-state index contributed by atoms with van der Waals surface area (Å²) in [6.45, 7) is 1.86. The van der Waals surface area contributed by atoms with Crippen molar-refractivity contribution in [3.8, 4) is 0 Å². The zero-order valence-corrected chi connectivity index (χ0v) is 20.8. The van der Waals surface area contributed by atoms with Crippen molar-refractivity contribution in [2.75, 3.05) is 13.6 Å². The molecule has 1 fully saturated rings. The Bertz CT molecular complexity index is 1250. The van der Waals surface area contributed by atoms with Crippen molar-refractivity contribution in [1.82, 2.24) is 20.2 Å². The number of aromatic amines is 1. The number of amides is 1. The number of ketones is 1. The second kappa shape index (κ2) is 10.0. The molecule has 2 N–H and O–H groups in total. The summed E-state index contributed by atoms with van der Waals surface area (Å²) < 4.78 is 0. The Morgan fingerprint density at radius 1 is 1.29 bits per heavy atom. The number of aromatic nitrogens is 2. The van der Waals surface area contributed by atoms with E-state index in [0.717, 1.165) is 68.2 Å². The van der Waals surface area contributed by atoms with Crippen LogP contribution in [-0.4, -0.2) is 46.2 Å². The second-order valence-corrected chi connectivity index (χ2v) is 10.9. The molecule has 8 heteroatoms. The van der Waals surface area contributed by atoms with Gasteiger partial charge in [0.15, 0.2) is 5.01 Å². The first-order chi connectivity index (χ1) is 16.5. The average Bonchev–Trinajstić information content (AvgIpc) is 3.43. The summed E-state index contributed by atoms with van der Waals surface area (Å²) in [4.78, 5) is 36.9. The summed E-state index contributed by atoms with van der Waals surface area (Å²) in [5.74, 6) is 0.205. The summed E-state index contributed by atoms with van der Waals surface area (Å²) in [6.07, 6.45) is 9.57. The molecule has 5 rings (SSSR count). The van der Waals surface area contributed by atoms with Crippen LogP contribution in [0.4, 0.5) is 0 Å². The Labute approximate surface area is 208 Å². The molecule has 3 aromatic rings. The lowest BCUT2D eigenvalue weighted by molar-refractivity contribution is 0.0901. The molecule has 2 aromatic heterocycles. The molecule has 6 nitrogen and oxygen atoms in total. The first-order valence-electron chi connectivity index (χ1n) is 11.9. The molecule has 0 radical (unpaired) electrons. The van der Waals surface area contributed by atoms with Gasteiger partial charge < -0.3 is 15.2 Å². The van der Waals surface area contributed by atoms with Gasteiger partial charge in [-0.3, -0.25) is 9.59 Å². The number of allylic oxidation sites excluding steroid dienone is 2. The number of carbonyl (C=O) groups is 2. The van der Waals surface area contributed by atoms with Crippen LogP contribution in [0.2, 0.25) is 5.02 Å². The topological polar surface area (TPSA) is 78.1 Å². The van der Waals surface area contributed by atoms with Crippen LogP contribution in [0.15, 0.2) is 36.4 Å². The average molecular weight is 497 g/mol. The molecule has 1 aliphatic heterocycles. The van der Waals surface area contributed by atoms with Gasteiger partial charge in [0.25, 0.3) is 5.91 Å². The van der Waals surface area contributed by atoms with Crippen LogP contribution < -0.4 is 5.32 Å². The van der Waals surface area contributed by atoms with Crippen LogP contribution in [0.5, 0.6) is 0 Å². The maximum atomic E-state index is 12.9. The van der Waals surface area contributed by atoms with Crippen LogP contribution in [-0.2, 0) is 13.0 Å². The minimum atomic E-state index is -0.0948. The highest BCUT2D eigenvalue weighted by Gasteiger charge is 2.27. The highest BCUT2D eigenvalue weighted by Crippen LogP contribution is 2.29. The van der Waals surface area contributed by atoms with E-state index in [1.165, 1.54) is 16.2 Å². The number of halogens is 1. The standard InChI is InChI=1S/C26H29ClN4O2S/c1-31-12-11-21-24(15-31)34-26(30-21)23(32)8-4-6-16-5-2-3-7-19(16)29-25(33)22-14-17-13-18(27)9-10-20(17)28-22/h4,8-10,13-14,16,19,28H,2-3,5-7,11-12,15H2,1H3,(H,29,33)/b8-4+/t16-,19-/m1/s1. The van der Waals surface area contributed by atoms with Crippen molar-refractivity contribution >= 4 is 45.5 Å². The van der Waals surface area contributed by atoms with E-state index in [-0.39, 0.29) is 17.7 Å². The number of hydrogen-bond acceptors (Lipinski definition) is 5. The molecular weight excluding hydrogens is 468 g/mol. The van der Waals surface area contributed by atoms with E-state index >= 15 is 0 Å². The minimum Gasteiger partial charge on any atom is -0.351 e. The van der Waals surface area contributed by atoms with E-state index in [9.17, 15) is 9.59 Å². The first kappa shape index (κ1) is 23.3. The van der Waals surface area contributed by atoms with Crippen molar-refractivity contribution in [2.24, 2.45) is 5.92 Å². The molecule has 0 bridgehead atoms. The van der Waals surface area contributed by atoms with Crippen molar-refractivity contribution < 1.29 is 9.59 Å². The van der Waals surface area contributed by atoms with Gasteiger partial charge in [-0.15, -0.1) is 11.3 Å². The van der Waals surface area contributed by atoms with Gasteiger partial charge in [-0.05, 0) is 62.6 Å². The van der Waals surface area contributed by atoms with Crippen molar-refractivity contribution in [2.45, 2.75) is 51.1 Å². The number of likely N-dealkylation sites (N-methyl/N-ethyl adjacent to an activating group) is 1. The maximum Gasteiger partial charge on any atom is 0.267 e. The van der Waals surface area contributed by atoms with E-state index in [0.29, 0.717) is 21.6 Å². The molecule has 0 spiro atoms. The van der Waals surface area contributed by atoms with Gasteiger partial charge in [-0.2, -0.15) is 0 Å². The molecule has 2 aliphatic rings. The summed E-state index contributed by atoms with van der Waals surface area (Å²) in [6, 6.07) is 7.49. The number of hydrogen-bond donors (Lipinski definition) is 2. The van der Waals surface area contributed by atoms with E-state index in [2.05, 4.69) is 27.2 Å². The van der Waals surface area contributed by atoms with Crippen LogP contribution in [0.1, 0.15) is 63.0 Å². The Balaban J connectivity index is 1.21. The summed E-state index contributed by atoms with van der Waals surface area (Å²) in [5.41, 5.74) is 2.52. The molecule has 1 aliphatic carbocycles. The SMILES string of the molecule is CN1CCc2nc(C(=O)/C=C/C[C@H]3CCCC[C@H]3NC(=O)c3cc4cc(Cl)ccc4[nH]3)sc2C1. The highest BCUT2D eigenvalue weighted by molar-refractivity contribution is 7.13. The molecule has 2 atom stereocenters. The highest BCUT2D eigenvalue weighted by atomic mass is 35.5. The van der Waals surface area contributed by atoms with Crippen LogP contribution >= 0.6 is 22.9 Å². The molecular formula is C26H29ClN4O2S. The smallest absolute Gasteiger partial charge is 0.267 e. The van der Waals surface area contributed by atoms with Crippen LogP contribution in [0.25, 0.3) is 10.9 Å². The van der Waals surface area contributed by atoms with Gasteiger partial charge >= 0.3 is 0 Å². The number of benzene rings is 1. The molecule has 3 heterocycles. The van der Waals surface area contributed by atoms with Crippen LogP contribution in [0, 0.1) is 5.92 Å². The fourth-order valence-electron chi connectivity index (χ4n) is 5.00. The van der Waals surface area contributed by atoms with E-state index in [1.807, 2.05) is 30.3 Å². The number of H-pyrrole nitrogens is 1. The predicted molar refractivity (Wildman–Crippen MR) is 137 cm³/mol. The lowest BCUT2D eigenvalue weighted by atomic mass is 9.82. The summed E-state index contributed by atoms with van der Waals surface area (Å²) in [7, 11) is 2.09. The Morgan fingerprint density at radius 3 is 3.03 bits per heavy atom. The fourth-order valence-corrected chi connectivity index (χ4v) is 6.29. The third-order valence-electron chi connectivity index (χ3n) is 6.89. The van der Waals surface area contributed by atoms with Gasteiger partial charge in [0, 0.05) is 46.4 Å². The molecule has 34 heavy (non-hydrogen) atoms. The number of thiazole rings is 1. The number of fused-ring (bicyclic) bond motifs is 2. The zero-order valence-electron chi connectivity index (χ0n) is 19.3. The largest absolute Gasteiger partial charge is 0.351 e. The third-order valence-corrected chi connectivity index (χ3v) is 8.23. The minimum absolute atomic E-state index is 0.0183. The number of nitrogens with zero attached hydrogens (tertiary/aromatic N) is 2. The second-order valence-electron chi connectivity index (χ2n) is 9.42. The maximum absolute atomic E-state index is 12.9. The Kier molecular flexibility index (Phi) is 6.86. The number of carbonyl (C=O) groups excluding carboxylic acids is 2. The quantitative estimate of drug-likeness (QED) is 0.354. The molecule has 0 unspecified atom stereocenters. The van der Waals surface area contributed by atoms with Gasteiger partial charge in [-0.1, -0.05) is 30.5 Å². The van der Waals surface area contributed by atoms with E-state index < -0.39 is 0 Å². The lowest BCUT2D eigenvalue weighted by Crippen LogP contribution is -2.42. The molecule has 0 saturated heterocycles. The monoisotopic (exact) mass is 496 g/mol. The van der Waals surface area contributed by atoms with Crippen LogP contribution in [0.3, 0.4) is 0 Å². The predicted octanol–water partition coefficient (Wildman–Crippen LogP) is 5.38. The molecule has 178 valence electrons. The molecule has 1 amide bonds. The number of rotatable bonds is 6. The van der Waals surface area contributed by atoms with Gasteiger partial charge in [0.05, 0.1) is 5.69 Å². The summed E-state index contributed by atoms with van der Waals surface area (Å²) >= 11 is 7.59. The first-order valence-corrected chi connectivity index (χ1v) is 13.1. The molecule has 1 aromatic carbocycles. The lowest BCUT2D eigenvalue weighted by Gasteiger charge is -2.31. The van der Waals surface area contributed by atoms with Crippen molar-refractivity contribution in [3.63, 3.8) is 0 Å². The van der Waals surface area contributed by atoms with E-state index in [4.69, 9.17) is 11.6 Å². The van der Waals surface area contributed by atoms with Gasteiger partial charge in [0.2, 0.25) is 5.78 Å². The van der Waals surface area contributed by atoms with Crippen molar-refractivity contribution in [3.05, 3.63) is 62.7 Å². The number of nitrogens with one attached hydrogen (secondary N) is 2. The van der Waals surface area contributed by atoms with Crippen molar-refractivity contribution in [1.29, 1.82) is 0 Å². The Morgan fingerprint density at radius 2 is 2.15 bits per heavy atom. The molecule has 1 saturated carbocycles. The zero-order chi connectivity index (χ0) is 23.7. The normalized spacial score (nSPS) is 21.1.